The second kappa shape index (κ2) is 12.5. The minimum atomic E-state index is -0.326. The van der Waals surface area contributed by atoms with Gasteiger partial charge in [0.05, 0.1) is 19.7 Å². The zero-order valence-electron chi connectivity index (χ0n) is 18.1. The smallest absolute Gasteiger partial charge is 0.320 e. The van der Waals surface area contributed by atoms with Crippen molar-refractivity contribution in [1.29, 1.82) is 0 Å². The molecule has 1 aliphatic heterocycles. The molecule has 1 heterocycles. The zero-order valence-corrected chi connectivity index (χ0v) is 18.9. The van der Waals surface area contributed by atoms with E-state index in [9.17, 15) is 9.59 Å². The van der Waals surface area contributed by atoms with Gasteiger partial charge in [-0.05, 0) is 30.2 Å². The Hall–Kier alpha value is -2.35. The molecule has 0 unspecified atom stereocenters. The Kier molecular flexibility index (Phi) is 9.39. The van der Waals surface area contributed by atoms with Gasteiger partial charge in [-0.2, -0.15) is 11.8 Å². The highest BCUT2D eigenvalue weighted by atomic mass is 32.2. The lowest BCUT2D eigenvalue weighted by atomic mass is 10.2. The number of thioether (sulfide) groups is 1. The van der Waals surface area contributed by atoms with E-state index in [0.717, 1.165) is 30.9 Å². The molecule has 2 aromatic carbocycles. The number of esters is 1. The summed E-state index contributed by atoms with van der Waals surface area (Å²) in [4.78, 5) is 29.0. The largest absolute Gasteiger partial charge is 0.465 e. The molecule has 2 aromatic rings. The zero-order chi connectivity index (χ0) is 21.9. The fourth-order valence-corrected chi connectivity index (χ4v) is 4.55. The van der Waals surface area contributed by atoms with Gasteiger partial charge in [-0.1, -0.05) is 42.5 Å². The first-order valence-electron chi connectivity index (χ1n) is 10.7. The number of ether oxygens (including phenoxy) is 1. The number of hydrogen-bond acceptors (Lipinski definition) is 6. The van der Waals surface area contributed by atoms with Crippen LogP contribution in [0.5, 0.6) is 0 Å². The number of carbonyl (C=O) groups excluding carboxylic acids is 2. The molecule has 166 valence electrons. The van der Waals surface area contributed by atoms with Crippen molar-refractivity contribution in [2.24, 2.45) is 0 Å². The van der Waals surface area contributed by atoms with Crippen LogP contribution < -0.4 is 5.32 Å². The molecule has 0 aromatic heterocycles. The van der Waals surface area contributed by atoms with Crippen LogP contribution in [-0.4, -0.2) is 66.0 Å². The van der Waals surface area contributed by atoms with Gasteiger partial charge in [0.25, 0.3) is 0 Å². The van der Waals surface area contributed by atoms with Crippen LogP contribution >= 0.6 is 11.8 Å². The van der Waals surface area contributed by atoms with Crippen molar-refractivity contribution < 1.29 is 14.3 Å². The maximum Gasteiger partial charge on any atom is 0.320 e. The molecule has 7 heteroatoms. The molecule has 1 N–H and O–H groups in total. The topological polar surface area (TPSA) is 61.9 Å². The highest BCUT2D eigenvalue weighted by Gasteiger charge is 2.17. The molecule has 6 nitrogen and oxygen atoms in total. The van der Waals surface area contributed by atoms with Crippen molar-refractivity contribution in [1.82, 2.24) is 9.80 Å². The maximum absolute atomic E-state index is 12.7. The summed E-state index contributed by atoms with van der Waals surface area (Å²) in [5, 5.41) is 2.99. The maximum atomic E-state index is 12.7. The van der Waals surface area contributed by atoms with Crippen LogP contribution in [0.15, 0.2) is 54.6 Å². The van der Waals surface area contributed by atoms with Gasteiger partial charge in [0.2, 0.25) is 5.91 Å². The number of nitrogens with one attached hydrogen (secondary N) is 1. The monoisotopic (exact) mass is 441 g/mol. The van der Waals surface area contributed by atoms with E-state index >= 15 is 0 Å². The van der Waals surface area contributed by atoms with Crippen LogP contribution in [0, 0.1) is 0 Å². The number of nitrogens with zero attached hydrogens (tertiary/aromatic N) is 2. The van der Waals surface area contributed by atoms with Crippen molar-refractivity contribution in [3.8, 4) is 0 Å². The minimum Gasteiger partial charge on any atom is -0.465 e. The lowest BCUT2D eigenvalue weighted by molar-refractivity contribution is -0.144. The highest BCUT2D eigenvalue weighted by Crippen LogP contribution is 2.16. The molecule has 31 heavy (non-hydrogen) atoms. The van der Waals surface area contributed by atoms with Crippen molar-refractivity contribution in [3.05, 3.63) is 65.7 Å². The van der Waals surface area contributed by atoms with Crippen LogP contribution in [0.3, 0.4) is 0 Å². The average molecular weight is 442 g/mol. The normalized spacial score (nSPS) is 14.4. The van der Waals surface area contributed by atoms with Gasteiger partial charge in [-0.25, -0.2) is 0 Å². The predicted molar refractivity (Wildman–Crippen MR) is 126 cm³/mol. The van der Waals surface area contributed by atoms with E-state index in [1.807, 2.05) is 60.3 Å². The molecular formula is C24H31N3O3S. The molecule has 1 saturated heterocycles. The SMILES string of the molecule is CCOC(=O)CN(CC(=O)Nc1cccc(CN2CCSCC2)c1)Cc1ccccc1. The minimum absolute atomic E-state index is 0.0726. The first-order valence-corrected chi connectivity index (χ1v) is 11.9. The molecule has 3 rings (SSSR count). The van der Waals surface area contributed by atoms with Crippen LogP contribution in [0.25, 0.3) is 0 Å². The standard InChI is InChI=1S/C24H31N3O3S/c1-2-30-24(29)19-27(16-20-7-4-3-5-8-20)18-23(28)25-22-10-6-9-21(15-22)17-26-11-13-31-14-12-26/h3-10,15H,2,11-14,16-19H2,1H3,(H,25,28). The van der Waals surface area contributed by atoms with Gasteiger partial charge < -0.3 is 10.1 Å². The molecule has 1 amide bonds. The molecule has 0 aliphatic carbocycles. The number of carbonyl (C=O) groups is 2. The average Bonchev–Trinajstić information content (AvgIpc) is 2.75. The number of amides is 1. The summed E-state index contributed by atoms with van der Waals surface area (Å²) in [6, 6.07) is 17.8. The number of rotatable bonds is 10. The lowest BCUT2D eigenvalue weighted by Gasteiger charge is -2.26. The first kappa shape index (κ1) is 23.3. The van der Waals surface area contributed by atoms with Crippen LogP contribution in [0.4, 0.5) is 5.69 Å². The summed E-state index contributed by atoms with van der Waals surface area (Å²) in [7, 11) is 0. The van der Waals surface area contributed by atoms with Gasteiger partial charge >= 0.3 is 5.97 Å². The Morgan fingerprint density at radius 1 is 1.03 bits per heavy atom. The summed E-state index contributed by atoms with van der Waals surface area (Å²) in [5.74, 6) is 1.88. The Bertz CT molecular complexity index is 841. The van der Waals surface area contributed by atoms with Crippen LogP contribution in [-0.2, 0) is 27.4 Å². The van der Waals surface area contributed by atoms with E-state index in [0.29, 0.717) is 13.2 Å². The fraction of sp³-hybridized carbons (Fsp3) is 0.417. The van der Waals surface area contributed by atoms with E-state index in [-0.39, 0.29) is 25.0 Å². The van der Waals surface area contributed by atoms with Crippen LogP contribution in [0.1, 0.15) is 18.1 Å². The number of anilines is 1. The van der Waals surface area contributed by atoms with E-state index < -0.39 is 0 Å². The number of benzene rings is 2. The quantitative estimate of drug-likeness (QED) is 0.571. The van der Waals surface area contributed by atoms with Crippen molar-refractivity contribution >= 4 is 29.3 Å². The Labute approximate surface area is 188 Å². The van der Waals surface area contributed by atoms with Gasteiger partial charge in [0, 0.05) is 43.4 Å². The second-order valence-electron chi connectivity index (χ2n) is 7.57. The fourth-order valence-electron chi connectivity index (χ4n) is 3.57. The third-order valence-electron chi connectivity index (χ3n) is 4.99. The van der Waals surface area contributed by atoms with Crippen molar-refractivity contribution in [3.63, 3.8) is 0 Å². The highest BCUT2D eigenvalue weighted by molar-refractivity contribution is 7.99. The Morgan fingerprint density at radius 2 is 1.77 bits per heavy atom. The Balaban J connectivity index is 1.58. The van der Waals surface area contributed by atoms with Gasteiger partial charge in [0.1, 0.15) is 0 Å². The van der Waals surface area contributed by atoms with Crippen molar-refractivity contribution in [2.75, 3.05) is 49.6 Å². The van der Waals surface area contributed by atoms with Gasteiger partial charge in [0.15, 0.2) is 0 Å². The first-order chi connectivity index (χ1) is 15.1. The summed E-state index contributed by atoms with van der Waals surface area (Å²) < 4.78 is 5.08. The summed E-state index contributed by atoms with van der Waals surface area (Å²) in [5.41, 5.74) is 3.02. The molecule has 0 atom stereocenters. The van der Waals surface area contributed by atoms with Gasteiger partial charge in [-0.15, -0.1) is 0 Å². The summed E-state index contributed by atoms with van der Waals surface area (Å²) in [6.45, 7) is 5.89. The second-order valence-corrected chi connectivity index (χ2v) is 8.80. The molecular weight excluding hydrogens is 410 g/mol. The third-order valence-corrected chi connectivity index (χ3v) is 5.94. The molecule has 0 radical (unpaired) electrons. The molecule has 0 saturated carbocycles. The summed E-state index contributed by atoms with van der Waals surface area (Å²) in [6.07, 6.45) is 0. The summed E-state index contributed by atoms with van der Waals surface area (Å²) >= 11 is 2.00. The van der Waals surface area contributed by atoms with Gasteiger partial charge in [-0.3, -0.25) is 19.4 Å². The van der Waals surface area contributed by atoms with E-state index in [4.69, 9.17) is 4.74 Å². The molecule has 1 aliphatic rings. The Morgan fingerprint density at radius 3 is 2.52 bits per heavy atom. The third kappa shape index (κ3) is 8.36. The van der Waals surface area contributed by atoms with E-state index in [2.05, 4.69) is 16.3 Å². The lowest BCUT2D eigenvalue weighted by Crippen LogP contribution is -2.37. The van der Waals surface area contributed by atoms with Crippen LogP contribution in [0.2, 0.25) is 0 Å². The van der Waals surface area contributed by atoms with E-state index in [1.54, 1.807) is 11.8 Å². The van der Waals surface area contributed by atoms with E-state index in [1.165, 1.54) is 17.1 Å². The molecule has 0 bridgehead atoms. The molecule has 0 spiro atoms. The van der Waals surface area contributed by atoms with Crippen molar-refractivity contribution in [2.45, 2.75) is 20.0 Å². The predicted octanol–water partition coefficient (Wildman–Crippen LogP) is 3.24. The molecule has 1 fully saturated rings. The number of hydrogen-bond donors (Lipinski definition) is 1.